The van der Waals surface area contributed by atoms with Crippen LogP contribution in [0.2, 0.25) is 0 Å². The number of methoxy groups -OCH3 is 1. The molecule has 0 saturated carbocycles. The molecule has 1 aromatic heterocycles. The second kappa shape index (κ2) is 4.23. The van der Waals surface area contributed by atoms with E-state index in [4.69, 9.17) is 4.74 Å². The summed E-state index contributed by atoms with van der Waals surface area (Å²) in [5.74, 6) is 0.688. The molecule has 0 aromatic carbocycles. The number of rotatable bonds is 2. The largest absolute Gasteiger partial charge is 0.481 e. The number of halogens is 2. The van der Waals surface area contributed by atoms with Gasteiger partial charge in [-0.25, -0.2) is 4.98 Å². The lowest BCUT2D eigenvalue weighted by molar-refractivity contribution is 0.393. The minimum Gasteiger partial charge on any atom is -0.481 e. The van der Waals surface area contributed by atoms with Gasteiger partial charge in [-0.3, -0.25) is 0 Å². The molecule has 0 bridgehead atoms. The molecular formula is C8H9Br2NO. The molecule has 0 aliphatic carbocycles. The summed E-state index contributed by atoms with van der Waals surface area (Å²) in [5.41, 5.74) is 2.26. The highest BCUT2D eigenvalue weighted by molar-refractivity contribution is 9.10. The van der Waals surface area contributed by atoms with E-state index in [1.807, 2.05) is 6.92 Å². The Labute approximate surface area is 88.6 Å². The second-order valence-electron chi connectivity index (χ2n) is 2.35. The number of hydrogen-bond donors (Lipinski definition) is 0. The van der Waals surface area contributed by atoms with Gasteiger partial charge in [0.25, 0.3) is 0 Å². The molecule has 0 aliphatic rings. The summed E-state index contributed by atoms with van der Waals surface area (Å²) in [7, 11) is 1.63. The maximum atomic E-state index is 5.11. The topological polar surface area (TPSA) is 22.1 Å². The molecule has 0 amide bonds. The molecule has 0 aliphatic heterocycles. The first-order valence-electron chi connectivity index (χ1n) is 3.44. The van der Waals surface area contributed by atoms with Crippen LogP contribution in [0.15, 0.2) is 10.7 Å². The van der Waals surface area contributed by atoms with Crippen LogP contribution in [0.1, 0.15) is 11.1 Å². The van der Waals surface area contributed by atoms with E-state index in [9.17, 15) is 0 Å². The van der Waals surface area contributed by atoms with E-state index >= 15 is 0 Å². The fourth-order valence-electron chi connectivity index (χ4n) is 0.928. The van der Waals surface area contributed by atoms with Crippen LogP contribution in [0, 0.1) is 6.92 Å². The summed E-state index contributed by atoms with van der Waals surface area (Å²) >= 11 is 6.80. The predicted molar refractivity (Wildman–Crippen MR) is 55.9 cm³/mol. The Morgan fingerprint density at radius 1 is 1.58 bits per heavy atom. The van der Waals surface area contributed by atoms with Crippen molar-refractivity contribution < 1.29 is 4.74 Å². The average Bonchev–Trinajstić information content (AvgIpc) is 2.09. The molecule has 2 nitrogen and oxygen atoms in total. The van der Waals surface area contributed by atoms with Gasteiger partial charge in [0.1, 0.15) is 0 Å². The van der Waals surface area contributed by atoms with E-state index in [1.165, 1.54) is 5.56 Å². The van der Waals surface area contributed by atoms with Crippen LogP contribution in [0.5, 0.6) is 5.88 Å². The smallest absolute Gasteiger partial charge is 0.217 e. The first kappa shape index (κ1) is 9.99. The van der Waals surface area contributed by atoms with E-state index < -0.39 is 0 Å². The number of pyridine rings is 1. The molecule has 1 rings (SSSR count). The monoisotopic (exact) mass is 293 g/mol. The van der Waals surface area contributed by atoms with Crippen LogP contribution in [0.25, 0.3) is 0 Å². The summed E-state index contributed by atoms with van der Waals surface area (Å²) in [6, 6.07) is 0. The minimum absolute atomic E-state index is 0.688. The number of hydrogen-bond acceptors (Lipinski definition) is 2. The van der Waals surface area contributed by atoms with Crippen LogP contribution < -0.4 is 4.74 Å². The summed E-state index contributed by atoms with van der Waals surface area (Å²) in [5, 5.41) is 0.758. The van der Waals surface area contributed by atoms with E-state index in [0.717, 1.165) is 15.4 Å². The molecule has 4 heteroatoms. The van der Waals surface area contributed by atoms with Crippen molar-refractivity contribution in [1.82, 2.24) is 4.98 Å². The Bertz CT molecular complexity index is 289. The molecule has 0 spiro atoms. The maximum Gasteiger partial charge on any atom is 0.217 e. The van der Waals surface area contributed by atoms with Crippen molar-refractivity contribution in [2.75, 3.05) is 7.11 Å². The van der Waals surface area contributed by atoms with E-state index in [0.29, 0.717) is 5.88 Å². The molecule has 0 N–H and O–H groups in total. The first-order chi connectivity index (χ1) is 5.70. The Kier molecular flexibility index (Phi) is 3.53. The maximum absolute atomic E-state index is 5.11. The lowest BCUT2D eigenvalue weighted by Gasteiger charge is -2.08. The molecule has 1 heterocycles. The Morgan fingerprint density at radius 3 is 2.75 bits per heavy atom. The van der Waals surface area contributed by atoms with Crippen molar-refractivity contribution in [1.29, 1.82) is 0 Å². The van der Waals surface area contributed by atoms with Gasteiger partial charge in [-0.05, 0) is 28.4 Å². The number of ether oxygens (including phenoxy) is 1. The third kappa shape index (κ3) is 1.80. The van der Waals surface area contributed by atoms with Gasteiger partial charge in [0.2, 0.25) is 5.88 Å². The highest BCUT2D eigenvalue weighted by Gasteiger charge is 2.08. The average molecular weight is 295 g/mol. The van der Waals surface area contributed by atoms with Crippen molar-refractivity contribution in [3.8, 4) is 5.88 Å². The van der Waals surface area contributed by atoms with Crippen LogP contribution in [-0.4, -0.2) is 12.1 Å². The Hall–Kier alpha value is -0.0900. The van der Waals surface area contributed by atoms with Gasteiger partial charge in [0.05, 0.1) is 7.11 Å². The predicted octanol–water partition coefficient (Wildman–Crippen LogP) is 3.06. The van der Waals surface area contributed by atoms with E-state index in [2.05, 4.69) is 36.8 Å². The van der Waals surface area contributed by atoms with Gasteiger partial charge in [-0.2, -0.15) is 0 Å². The van der Waals surface area contributed by atoms with Crippen molar-refractivity contribution >= 4 is 31.9 Å². The quantitative estimate of drug-likeness (QED) is 0.782. The minimum atomic E-state index is 0.688. The van der Waals surface area contributed by atoms with Gasteiger partial charge >= 0.3 is 0 Å². The third-order valence-corrected chi connectivity index (χ3v) is 3.05. The zero-order chi connectivity index (χ0) is 9.14. The number of aromatic nitrogens is 1. The normalized spacial score (nSPS) is 10.0. The van der Waals surface area contributed by atoms with E-state index in [1.54, 1.807) is 13.3 Å². The molecule has 0 atom stereocenters. The van der Waals surface area contributed by atoms with Crippen LogP contribution in [0.3, 0.4) is 0 Å². The molecular weight excluding hydrogens is 286 g/mol. The molecule has 1 aromatic rings. The van der Waals surface area contributed by atoms with Gasteiger partial charge in [0.15, 0.2) is 0 Å². The zero-order valence-electron chi connectivity index (χ0n) is 6.90. The number of alkyl halides is 1. The van der Waals surface area contributed by atoms with Crippen molar-refractivity contribution in [3.63, 3.8) is 0 Å². The zero-order valence-corrected chi connectivity index (χ0v) is 10.1. The fraction of sp³-hybridized carbons (Fsp3) is 0.375. The highest BCUT2D eigenvalue weighted by atomic mass is 79.9. The molecule has 0 unspecified atom stereocenters. The molecule has 0 saturated heterocycles. The Morgan fingerprint density at radius 2 is 2.25 bits per heavy atom. The van der Waals surface area contributed by atoms with E-state index in [-0.39, 0.29) is 0 Å². The molecule has 0 fully saturated rings. The standard InChI is InChI=1S/C8H9Br2NO/c1-5-6(3-9)8(12-2)11-4-7(5)10/h4H,3H2,1-2H3. The summed E-state index contributed by atoms with van der Waals surface area (Å²) < 4.78 is 6.12. The Balaban J connectivity index is 3.25. The highest BCUT2D eigenvalue weighted by Crippen LogP contribution is 2.27. The van der Waals surface area contributed by atoms with Crippen LogP contribution in [0.4, 0.5) is 0 Å². The summed E-state index contributed by atoms with van der Waals surface area (Å²) in [6.07, 6.45) is 1.75. The molecule has 12 heavy (non-hydrogen) atoms. The van der Waals surface area contributed by atoms with Gasteiger partial charge < -0.3 is 4.74 Å². The second-order valence-corrected chi connectivity index (χ2v) is 3.77. The van der Waals surface area contributed by atoms with Crippen molar-refractivity contribution in [2.45, 2.75) is 12.3 Å². The van der Waals surface area contributed by atoms with Gasteiger partial charge in [-0.15, -0.1) is 0 Å². The first-order valence-corrected chi connectivity index (χ1v) is 5.36. The SMILES string of the molecule is COc1ncc(Br)c(C)c1CBr. The molecule has 66 valence electrons. The van der Waals surface area contributed by atoms with Crippen LogP contribution in [-0.2, 0) is 5.33 Å². The van der Waals surface area contributed by atoms with Crippen LogP contribution >= 0.6 is 31.9 Å². The summed E-state index contributed by atoms with van der Waals surface area (Å²) in [6.45, 7) is 2.03. The molecule has 0 radical (unpaired) electrons. The van der Waals surface area contributed by atoms with Crippen molar-refractivity contribution in [2.24, 2.45) is 0 Å². The lowest BCUT2D eigenvalue weighted by Crippen LogP contribution is -1.96. The van der Waals surface area contributed by atoms with Gasteiger partial charge in [-0.1, -0.05) is 15.9 Å². The fourth-order valence-corrected chi connectivity index (χ4v) is 1.93. The summed E-state index contributed by atoms with van der Waals surface area (Å²) in [4.78, 5) is 4.13. The van der Waals surface area contributed by atoms with Crippen molar-refractivity contribution in [3.05, 3.63) is 21.8 Å². The third-order valence-electron chi connectivity index (χ3n) is 1.69. The number of nitrogens with zero attached hydrogens (tertiary/aromatic N) is 1. The van der Waals surface area contributed by atoms with Gasteiger partial charge in [0, 0.05) is 21.6 Å². The lowest BCUT2D eigenvalue weighted by atomic mass is 10.2.